The summed E-state index contributed by atoms with van der Waals surface area (Å²) in [5.41, 5.74) is 3.92. The molecule has 0 aromatic heterocycles. The van der Waals surface area contributed by atoms with Crippen molar-refractivity contribution in [1.82, 2.24) is 5.32 Å². The lowest BCUT2D eigenvalue weighted by atomic mass is 9.98. The van der Waals surface area contributed by atoms with E-state index in [2.05, 4.69) is 21.7 Å². The third kappa shape index (κ3) is 7.58. The predicted octanol–water partition coefficient (Wildman–Crippen LogP) is 3.88. The van der Waals surface area contributed by atoms with E-state index in [9.17, 15) is 0 Å². The van der Waals surface area contributed by atoms with Crippen LogP contribution in [0.25, 0.3) is 4.98 Å². The van der Waals surface area contributed by atoms with Crippen LogP contribution in [-0.4, -0.2) is 11.1 Å². The Morgan fingerprint density at radius 2 is 1.55 bits per heavy atom. The summed E-state index contributed by atoms with van der Waals surface area (Å²) in [7, 11) is 0. The molecule has 31 heavy (non-hydrogen) atoms. The number of nitriles is 1. The highest BCUT2D eigenvalue weighted by molar-refractivity contribution is 7.80. The highest BCUT2D eigenvalue weighted by atomic mass is 32.1. The molecule has 0 aliphatic rings. The average Bonchev–Trinajstić information content (AvgIpc) is 2.78. The number of nitrogens with zero attached hydrogens (tertiary/aromatic N) is 3. The van der Waals surface area contributed by atoms with Gasteiger partial charge in [-0.2, -0.15) is 5.26 Å². The summed E-state index contributed by atoms with van der Waals surface area (Å²) >= 11 is 5.48. The Hall–Kier alpha value is -4.27. The summed E-state index contributed by atoms with van der Waals surface area (Å²) in [4.78, 5) is 12.1. The molecule has 154 valence electrons. The summed E-state index contributed by atoms with van der Waals surface area (Å²) in [6, 6.07) is 26.2. The molecule has 3 rings (SSSR count). The minimum atomic E-state index is -1.08. The SMILES string of the molecule is CC(=O)[O-].N#Cc1ccc(NC(=S)NC(c2ccccc2)c2ccc([N+]#N)cc2)cc1. The summed E-state index contributed by atoms with van der Waals surface area (Å²) in [6.45, 7) is 0.972. The van der Waals surface area contributed by atoms with Gasteiger partial charge in [0.2, 0.25) is 5.39 Å². The van der Waals surface area contributed by atoms with Gasteiger partial charge in [0.1, 0.15) is 0 Å². The van der Waals surface area contributed by atoms with Crippen LogP contribution in [0, 0.1) is 16.7 Å². The Bertz CT molecular complexity index is 1100. The van der Waals surface area contributed by atoms with Crippen molar-refractivity contribution in [1.29, 1.82) is 10.7 Å². The van der Waals surface area contributed by atoms with Gasteiger partial charge in [-0.05, 0) is 66.7 Å². The van der Waals surface area contributed by atoms with E-state index in [0.717, 1.165) is 23.7 Å². The van der Waals surface area contributed by atoms with Crippen molar-refractivity contribution in [2.45, 2.75) is 13.0 Å². The van der Waals surface area contributed by atoms with Gasteiger partial charge in [0, 0.05) is 23.8 Å². The lowest BCUT2D eigenvalue weighted by Crippen LogP contribution is -2.33. The van der Waals surface area contributed by atoms with Crippen molar-refractivity contribution in [2.24, 2.45) is 0 Å². The second-order valence-corrected chi connectivity index (χ2v) is 6.72. The number of hydrogen-bond donors (Lipinski definition) is 2. The van der Waals surface area contributed by atoms with Crippen LogP contribution in [0.3, 0.4) is 0 Å². The van der Waals surface area contributed by atoms with Crippen molar-refractivity contribution < 1.29 is 9.90 Å². The van der Waals surface area contributed by atoms with Gasteiger partial charge in [-0.25, -0.2) is 0 Å². The molecule has 3 aromatic carbocycles. The Morgan fingerprint density at radius 1 is 1.00 bits per heavy atom. The number of aliphatic carboxylic acids is 1. The fourth-order valence-electron chi connectivity index (χ4n) is 2.66. The Morgan fingerprint density at radius 3 is 2.06 bits per heavy atom. The molecule has 1 atom stereocenters. The average molecular weight is 430 g/mol. The zero-order chi connectivity index (χ0) is 22.6. The van der Waals surface area contributed by atoms with E-state index in [0.29, 0.717) is 16.4 Å². The number of benzene rings is 3. The van der Waals surface area contributed by atoms with Gasteiger partial charge in [-0.1, -0.05) is 30.3 Å². The lowest BCUT2D eigenvalue weighted by molar-refractivity contribution is -0.302. The molecule has 0 bridgehead atoms. The number of thiocarbonyl (C=S) groups is 1. The molecule has 1 unspecified atom stereocenters. The van der Waals surface area contributed by atoms with Gasteiger partial charge in [-0.15, -0.1) is 0 Å². The van der Waals surface area contributed by atoms with Gasteiger partial charge in [0.25, 0.3) is 0 Å². The number of hydrogen-bond acceptors (Lipinski definition) is 5. The van der Waals surface area contributed by atoms with Crippen molar-refractivity contribution in [3.05, 3.63) is 101 Å². The normalized spacial score (nSPS) is 10.3. The van der Waals surface area contributed by atoms with Crippen LogP contribution < -0.4 is 15.7 Å². The van der Waals surface area contributed by atoms with Gasteiger partial charge in [0.15, 0.2) is 10.1 Å². The zero-order valence-corrected chi connectivity index (χ0v) is 17.5. The first-order valence-corrected chi connectivity index (χ1v) is 9.59. The standard InChI is InChI=1S/C21H15N5S.C2H4O2/c22-14-15-6-10-18(11-7-15)24-21(27)25-20(16-4-2-1-3-5-16)17-8-12-19(26-23)13-9-17;1-2(3)4/h1-13,20H,(H-,24,25,27);1H3,(H,3,4). The Balaban J connectivity index is 0.000000785. The van der Waals surface area contributed by atoms with E-state index in [4.69, 9.17) is 32.8 Å². The van der Waals surface area contributed by atoms with Crippen LogP contribution in [0.4, 0.5) is 11.4 Å². The van der Waals surface area contributed by atoms with Crippen LogP contribution >= 0.6 is 12.2 Å². The lowest BCUT2D eigenvalue weighted by Gasteiger charge is -2.22. The number of nitrogens with one attached hydrogen (secondary N) is 2. The van der Waals surface area contributed by atoms with Gasteiger partial charge in [0.05, 0.1) is 17.7 Å². The van der Waals surface area contributed by atoms with Crippen molar-refractivity contribution >= 4 is 34.7 Å². The van der Waals surface area contributed by atoms with Gasteiger partial charge < -0.3 is 20.5 Å². The molecule has 8 heteroatoms. The van der Waals surface area contributed by atoms with Crippen LogP contribution in [0.5, 0.6) is 0 Å². The Kier molecular flexibility index (Phi) is 8.66. The molecular formula is C23H19N5O2S. The molecule has 0 saturated heterocycles. The number of carbonyl (C=O) groups excluding carboxylic acids is 1. The Labute approximate surface area is 185 Å². The maximum absolute atomic E-state index is 8.89. The second kappa shape index (κ2) is 11.7. The first-order chi connectivity index (χ1) is 14.9. The first-order valence-electron chi connectivity index (χ1n) is 9.18. The number of carboxylic acid groups (broad SMARTS) is 1. The topological polar surface area (TPSA) is 116 Å². The quantitative estimate of drug-likeness (QED) is 0.477. The third-order valence-electron chi connectivity index (χ3n) is 4.02. The van der Waals surface area contributed by atoms with Crippen molar-refractivity contribution in [3.8, 4) is 6.07 Å². The fraction of sp³-hybridized carbons (Fsp3) is 0.0870. The maximum atomic E-state index is 8.89. The molecule has 0 aliphatic carbocycles. The molecule has 0 spiro atoms. The van der Waals surface area contributed by atoms with Gasteiger partial charge >= 0.3 is 5.69 Å². The molecule has 3 aromatic rings. The molecule has 2 N–H and O–H groups in total. The molecule has 0 amide bonds. The van der Waals surface area contributed by atoms with Crippen LogP contribution in [0.2, 0.25) is 0 Å². The molecule has 7 nitrogen and oxygen atoms in total. The van der Waals surface area contributed by atoms with E-state index >= 15 is 0 Å². The minimum Gasteiger partial charge on any atom is -0.550 e. The van der Waals surface area contributed by atoms with Crippen LogP contribution in [0.1, 0.15) is 29.7 Å². The highest BCUT2D eigenvalue weighted by Crippen LogP contribution is 2.24. The molecule has 0 radical (unpaired) electrons. The number of rotatable bonds is 4. The summed E-state index contributed by atoms with van der Waals surface area (Å²) in [5.74, 6) is -1.08. The largest absolute Gasteiger partial charge is 0.550 e. The van der Waals surface area contributed by atoms with Crippen LogP contribution in [0.15, 0.2) is 78.9 Å². The number of carbonyl (C=O) groups is 1. The van der Waals surface area contributed by atoms with E-state index < -0.39 is 5.97 Å². The monoisotopic (exact) mass is 429 g/mol. The fourth-order valence-corrected chi connectivity index (χ4v) is 2.90. The number of anilines is 1. The molecule has 0 heterocycles. The van der Waals surface area contributed by atoms with E-state index in [1.165, 1.54) is 0 Å². The summed E-state index contributed by atoms with van der Waals surface area (Å²) < 4.78 is 0. The summed E-state index contributed by atoms with van der Waals surface area (Å²) in [5, 5.41) is 33.6. The minimum absolute atomic E-state index is 0.169. The maximum Gasteiger partial charge on any atom is 0.385 e. The van der Waals surface area contributed by atoms with E-state index in [1.54, 1.807) is 24.3 Å². The van der Waals surface area contributed by atoms with Crippen molar-refractivity contribution in [2.75, 3.05) is 5.32 Å². The molecule has 0 saturated carbocycles. The van der Waals surface area contributed by atoms with Crippen molar-refractivity contribution in [3.63, 3.8) is 0 Å². The smallest absolute Gasteiger partial charge is 0.385 e. The number of diazo groups is 1. The first kappa shape index (κ1) is 23.0. The second-order valence-electron chi connectivity index (χ2n) is 6.31. The van der Waals surface area contributed by atoms with E-state index in [-0.39, 0.29) is 6.04 Å². The third-order valence-corrected chi connectivity index (χ3v) is 4.24. The highest BCUT2D eigenvalue weighted by Gasteiger charge is 2.16. The molecule has 0 fully saturated rings. The summed E-state index contributed by atoms with van der Waals surface area (Å²) in [6.07, 6.45) is 0. The zero-order valence-electron chi connectivity index (χ0n) is 16.6. The van der Waals surface area contributed by atoms with Gasteiger partial charge in [-0.3, -0.25) is 0 Å². The molecule has 0 aliphatic heterocycles. The predicted molar refractivity (Wildman–Crippen MR) is 121 cm³/mol. The number of carboxylic acids is 1. The molecular weight excluding hydrogens is 410 g/mol. The van der Waals surface area contributed by atoms with E-state index in [1.807, 2.05) is 54.6 Å². The van der Waals surface area contributed by atoms with Crippen LogP contribution in [-0.2, 0) is 4.79 Å².